The number of nitrogens with zero attached hydrogens (tertiary/aromatic N) is 1. The van der Waals surface area contributed by atoms with Crippen molar-refractivity contribution >= 4 is 40.0 Å². The molecular formula is C22H22ClN3O4. The molecule has 0 fully saturated rings. The SMILES string of the molecule is CC(O)(CO)CN1C(=O)C(NC(=O)c2cc3cc(Cl)ccc3[nH]2)Cc2ccccc21. The number of aliphatic hydroxyl groups is 2. The molecule has 2 aromatic carbocycles. The highest BCUT2D eigenvalue weighted by Gasteiger charge is 2.37. The first-order valence-electron chi connectivity index (χ1n) is 9.59. The molecule has 1 aliphatic rings. The van der Waals surface area contributed by atoms with E-state index in [-0.39, 0.29) is 12.5 Å². The van der Waals surface area contributed by atoms with Gasteiger partial charge in [0.2, 0.25) is 5.91 Å². The van der Waals surface area contributed by atoms with Gasteiger partial charge in [0.25, 0.3) is 5.91 Å². The van der Waals surface area contributed by atoms with Crippen LogP contribution in [0.25, 0.3) is 10.9 Å². The molecule has 8 heteroatoms. The van der Waals surface area contributed by atoms with Gasteiger partial charge in [0.15, 0.2) is 0 Å². The molecule has 2 atom stereocenters. The standard InChI is InChI=1S/C22H22ClN3O4/c1-22(30,12-27)11-26-19-5-3-2-4-13(19)9-18(21(26)29)25-20(28)17-10-14-8-15(23)6-7-16(14)24-17/h2-8,10,18,24,27,30H,9,11-12H2,1H3,(H,25,28). The second-order valence-corrected chi connectivity index (χ2v) is 8.29. The van der Waals surface area contributed by atoms with Crippen molar-refractivity contribution in [3.8, 4) is 0 Å². The number of fused-ring (bicyclic) bond motifs is 2. The van der Waals surface area contributed by atoms with Gasteiger partial charge in [-0.1, -0.05) is 29.8 Å². The summed E-state index contributed by atoms with van der Waals surface area (Å²) in [7, 11) is 0. The first kappa shape index (κ1) is 20.4. The van der Waals surface area contributed by atoms with E-state index in [4.69, 9.17) is 11.6 Å². The Labute approximate surface area is 178 Å². The number of hydrogen-bond donors (Lipinski definition) is 4. The largest absolute Gasteiger partial charge is 0.393 e. The van der Waals surface area contributed by atoms with Crippen molar-refractivity contribution in [3.63, 3.8) is 0 Å². The zero-order valence-electron chi connectivity index (χ0n) is 16.4. The zero-order valence-corrected chi connectivity index (χ0v) is 17.1. The minimum Gasteiger partial charge on any atom is -0.393 e. The number of carbonyl (C=O) groups excluding carboxylic acids is 2. The third-order valence-electron chi connectivity index (χ3n) is 5.24. The highest BCUT2D eigenvalue weighted by Crippen LogP contribution is 2.29. The van der Waals surface area contributed by atoms with E-state index in [0.717, 1.165) is 16.5 Å². The van der Waals surface area contributed by atoms with Gasteiger partial charge in [0.1, 0.15) is 17.3 Å². The highest BCUT2D eigenvalue weighted by molar-refractivity contribution is 6.31. The van der Waals surface area contributed by atoms with Crippen LogP contribution in [0.5, 0.6) is 0 Å². The Bertz CT molecular complexity index is 1120. The number of aliphatic hydroxyl groups excluding tert-OH is 1. The van der Waals surface area contributed by atoms with E-state index in [1.54, 1.807) is 36.4 Å². The molecule has 4 N–H and O–H groups in total. The van der Waals surface area contributed by atoms with Crippen LogP contribution in [0.1, 0.15) is 23.0 Å². The molecule has 0 saturated heterocycles. The molecule has 0 spiro atoms. The maximum absolute atomic E-state index is 13.2. The van der Waals surface area contributed by atoms with Crippen molar-refractivity contribution in [2.24, 2.45) is 0 Å². The number of rotatable bonds is 5. The van der Waals surface area contributed by atoms with Crippen LogP contribution in [0, 0.1) is 0 Å². The molecule has 30 heavy (non-hydrogen) atoms. The lowest BCUT2D eigenvalue weighted by Gasteiger charge is -2.37. The first-order chi connectivity index (χ1) is 14.3. The molecule has 0 saturated carbocycles. The summed E-state index contributed by atoms with van der Waals surface area (Å²) in [6.07, 6.45) is 0.338. The first-order valence-corrected chi connectivity index (χ1v) is 9.97. The molecule has 1 aromatic heterocycles. The van der Waals surface area contributed by atoms with Crippen molar-refractivity contribution in [1.82, 2.24) is 10.3 Å². The number of anilines is 1. The van der Waals surface area contributed by atoms with Crippen molar-refractivity contribution < 1.29 is 19.8 Å². The second kappa shape index (κ2) is 7.75. The van der Waals surface area contributed by atoms with Crippen molar-refractivity contribution in [3.05, 3.63) is 64.8 Å². The fourth-order valence-corrected chi connectivity index (χ4v) is 3.87. The average molecular weight is 428 g/mol. The van der Waals surface area contributed by atoms with Crippen molar-refractivity contribution in [2.75, 3.05) is 18.1 Å². The molecule has 156 valence electrons. The number of carbonyl (C=O) groups is 2. The highest BCUT2D eigenvalue weighted by atomic mass is 35.5. The molecule has 4 rings (SSSR count). The van der Waals surface area contributed by atoms with E-state index in [1.807, 2.05) is 12.1 Å². The van der Waals surface area contributed by atoms with E-state index < -0.39 is 24.2 Å². The van der Waals surface area contributed by atoms with Gasteiger partial charge in [0.05, 0.1) is 13.2 Å². The predicted molar refractivity (Wildman–Crippen MR) is 115 cm³/mol. The third-order valence-corrected chi connectivity index (χ3v) is 5.48. The number of H-pyrrole nitrogens is 1. The topological polar surface area (TPSA) is 106 Å². The van der Waals surface area contributed by atoms with E-state index in [1.165, 1.54) is 11.8 Å². The molecule has 0 radical (unpaired) electrons. The number of hydrogen-bond acceptors (Lipinski definition) is 4. The van der Waals surface area contributed by atoms with Crippen molar-refractivity contribution in [2.45, 2.75) is 25.0 Å². The Morgan fingerprint density at radius 3 is 2.83 bits per heavy atom. The summed E-state index contributed by atoms with van der Waals surface area (Å²) in [6.45, 7) is 0.880. The van der Waals surface area contributed by atoms with Gasteiger partial charge in [-0.3, -0.25) is 9.59 Å². The van der Waals surface area contributed by atoms with Gasteiger partial charge in [-0.15, -0.1) is 0 Å². The van der Waals surface area contributed by atoms with Gasteiger partial charge in [-0.25, -0.2) is 0 Å². The molecule has 3 aromatic rings. The third kappa shape index (κ3) is 3.92. The van der Waals surface area contributed by atoms with Crippen LogP contribution >= 0.6 is 11.6 Å². The summed E-state index contributed by atoms with van der Waals surface area (Å²) in [5.74, 6) is -0.746. The minimum absolute atomic E-state index is 0.0867. The van der Waals surface area contributed by atoms with Crippen LogP contribution < -0.4 is 10.2 Å². The number of benzene rings is 2. The second-order valence-electron chi connectivity index (χ2n) is 7.85. The van der Waals surface area contributed by atoms with Crippen LogP contribution in [0.2, 0.25) is 5.02 Å². The maximum Gasteiger partial charge on any atom is 0.268 e. The van der Waals surface area contributed by atoms with E-state index in [9.17, 15) is 19.8 Å². The number of halogens is 1. The Balaban J connectivity index is 1.60. The normalized spacial score (nSPS) is 18.2. The van der Waals surface area contributed by atoms with Crippen LogP contribution in [-0.2, 0) is 11.2 Å². The number of amides is 2. The zero-order chi connectivity index (χ0) is 21.5. The number of para-hydroxylation sites is 1. The predicted octanol–water partition coefficient (Wildman–Crippen LogP) is 2.25. The fourth-order valence-electron chi connectivity index (χ4n) is 3.69. The molecule has 2 unspecified atom stereocenters. The van der Waals surface area contributed by atoms with E-state index in [0.29, 0.717) is 22.8 Å². The molecule has 0 bridgehead atoms. The number of aromatic nitrogens is 1. The smallest absolute Gasteiger partial charge is 0.268 e. The lowest BCUT2D eigenvalue weighted by Crippen LogP contribution is -2.56. The number of aromatic amines is 1. The van der Waals surface area contributed by atoms with Gasteiger partial charge < -0.3 is 25.4 Å². The Kier molecular flexibility index (Phi) is 5.27. The van der Waals surface area contributed by atoms with Crippen LogP contribution in [0.4, 0.5) is 5.69 Å². The number of nitrogens with one attached hydrogen (secondary N) is 2. The summed E-state index contributed by atoms with van der Waals surface area (Å²) >= 11 is 6.01. The summed E-state index contributed by atoms with van der Waals surface area (Å²) < 4.78 is 0. The molecular weight excluding hydrogens is 406 g/mol. The quantitative estimate of drug-likeness (QED) is 0.501. The minimum atomic E-state index is -1.47. The molecule has 2 amide bonds. The maximum atomic E-state index is 13.2. The van der Waals surface area contributed by atoms with Gasteiger partial charge in [-0.05, 0) is 42.8 Å². The van der Waals surface area contributed by atoms with E-state index in [2.05, 4.69) is 10.3 Å². The lowest BCUT2D eigenvalue weighted by atomic mass is 9.95. The Morgan fingerprint density at radius 2 is 2.07 bits per heavy atom. The molecule has 1 aliphatic heterocycles. The van der Waals surface area contributed by atoms with Gasteiger partial charge >= 0.3 is 0 Å². The van der Waals surface area contributed by atoms with Gasteiger partial charge in [-0.2, -0.15) is 0 Å². The lowest BCUT2D eigenvalue weighted by molar-refractivity contribution is -0.121. The van der Waals surface area contributed by atoms with Crippen molar-refractivity contribution in [1.29, 1.82) is 0 Å². The number of β-amino-alcohol motifs (C(OH)–C–C–N with tert-alkyl or cyclic N) is 1. The van der Waals surface area contributed by atoms with Crippen LogP contribution in [0.15, 0.2) is 48.5 Å². The average Bonchev–Trinajstić information content (AvgIpc) is 3.14. The van der Waals surface area contributed by atoms with Gasteiger partial charge in [0, 0.05) is 28.0 Å². The van der Waals surface area contributed by atoms with Crippen LogP contribution in [-0.4, -0.2) is 51.8 Å². The Morgan fingerprint density at radius 1 is 1.30 bits per heavy atom. The molecule has 0 aliphatic carbocycles. The summed E-state index contributed by atoms with van der Waals surface area (Å²) in [6, 6.07) is 13.5. The Hall–Kier alpha value is -2.87. The summed E-state index contributed by atoms with van der Waals surface area (Å²) in [5.41, 5.74) is 1.17. The monoisotopic (exact) mass is 427 g/mol. The summed E-state index contributed by atoms with van der Waals surface area (Å²) in [4.78, 5) is 30.5. The summed E-state index contributed by atoms with van der Waals surface area (Å²) in [5, 5.41) is 23.9. The van der Waals surface area contributed by atoms with E-state index >= 15 is 0 Å². The molecule has 7 nitrogen and oxygen atoms in total. The molecule has 2 heterocycles. The van der Waals surface area contributed by atoms with Crippen LogP contribution in [0.3, 0.4) is 0 Å². The fraction of sp³-hybridized carbons (Fsp3) is 0.273.